The van der Waals surface area contributed by atoms with E-state index in [1.54, 1.807) is 16.8 Å². The summed E-state index contributed by atoms with van der Waals surface area (Å²) in [5.74, 6) is 0.468. The van der Waals surface area contributed by atoms with Crippen LogP contribution >= 0.6 is 0 Å². The maximum Gasteiger partial charge on any atom is 0.261 e. The summed E-state index contributed by atoms with van der Waals surface area (Å²) in [6.07, 6.45) is 2.41. The number of ether oxygens (including phenoxy) is 1. The van der Waals surface area contributed by atoms with Gasteiger partial charge in [0.05, 0.1) is 29.6 Å². The molecule has 2 aliphatic heterocycles. The van der Waals surface area contributed by atoms with Crippen LogP contribution in [-0.4, -0.2) is 75.6 Å². The number of fused-ring (bicyclic) bond motifs is 1. The van der Waals surface area contributed by atoms with Crippen LogP contribution in [0.15, 0.2) is 47.4 Å². The van der Waals surface area contributed by atoms with Crippen LogP contribution in [0.5, 0.6) is 0 Å². The molecule has 2 aliphatic rings. The third kappa shape index (κ3) is 4.58. The summed E-state index contributed by atoms with van der Waals surface area (Å²) in [7, 11) is 0. The lowest BCUT2D eigenvalue weighted by atomic mass is 10.1. The van der Waals surface area contributed by atoms with Crippen LogP contribution in [0, 0.1) is 6.92 Å². The molecule has 3 aromatic heterocycles. The van der Waals surface area contributed by atoms with Crippen molar-refractivity contribution in [2.75, 3.05) is 56.2 Å². The maximum atomic E-state index is 13.6. The van der Waals surface area contributed by atoms with Crippen LogP contribution in [0.25, 0.3) is 22.3 Å². The Hall–Kier alpha value is -3.76. The predicted molar refractivity (Wildman–Crippen MR) is 145 cm³/mol. The number of nitrogens with one attached hydrogen (secondary N) is 2. The van der Waals surface area contributed by atoms with E-state index in [2.05, 4.69) is 56.5 Å². The standard InChI is InChI=1S/C27H32N8O2/c1-3-33-11-13-34(14-12-33)20-6-4-19(5-7-20)30-27-29-18(2)22-16-23(24-8-10-28-32-24)26(36)35(25(22)31-27)21-9-15-37-17-21/h4-8,10,16,21H,3,9,11-15,17H2,1-2H3,(H,28,32)(H,29,30,31)/t21-/m1/s1. The van der Waals surface area contributed by atoms with E-state index in [4.69, 9.17) is 14.7 Å². The fourth-order valence-electron chi connectivity index (χ4n) is 5.28. The molecule has 0 bridgehead atoms. The molecule has 0 amide bonds. The van der Waals surface area contributed by atoms with E-state index in [-0.39, 0.29) is 11.6 Å². The number of rotatable bonds is 6. The summed E-state index contributed by atoms with van der Waals surface area (Å²) < 4.78 is 7.41. The van der Waals surface area contributed by atoms with Gasteiger partial charge in [-0.05, 0) is 56.3 Å². The van der Waals surface area contributed by atoms with E-state index in [0.29, 0.717) is 36.1 Å². The van der Waals surface area contributed by atoms with Crippen LogP contribution in [0.4, 0.5) is 17.3 Å². The summed E-state index contributed by atoms with van der Waals surface area (Å²) in [4.78, 5) is 28.1. The van der Waals surface area contributed by atoms with Gasteiger partial charge >= 0.3 is 0 Å². The van der Waals surface area contributed by atoms with Gasteiger partial charge in [-0.3, -0.25) is 14.5 Å². The van der Waals surface area contributed by atoms with Crippen molar-refractivity contribution in [1.29, 1.82) is 0 Å². The van der Waals surface area contributed by atoms with Crippen LogP contribution in [-0.2, 0) is 4.74 Å². The Morgan fingerprint density at radius 1 is 1.11 bits per heavy atom. The summed E-state index contributed by atoms with van der Waals surface area (Å²) in [6.45, 7) is 10.6. The molecule has 5 heterocycles. The highest BCUT2D eigenvalue weighted by molar-refractivity contribution is 5.84. The molecule has 2 fully saturated rings. The second-order valence-electron chi connectivity index (χ2n) is 9.68. The monoisotopic (exact) mass is 500 g/mol. The molecule has 0 aliphatic carbocycles. The number of aromatic amines is 1. The van der Waals surface area contributed by atoms with Gasteiger partial charge in [0.1, 0.15) is 5.65 Å². The average Bonchev–Trinajstić information content (AvgIpc) is 3.64. The topological polar surface area (TPSA) is 104 Å². The SMILES string of the molecule is CCN1CCN(c2ccc(Nc3nc(C)c4cc(-c5ccn[nH]5)c(=O)n([C@@H]5CCOC5)c4n3)cc2)CC1. The number of likely N-dealkylation sites (N-methyl/N-ethyl adjacent to an activating group) is 1. The van der Waals surface area contributed by atoms with E-state index >= 15 is 0 Å². The lowest BCUT2D eigenvalue weighted by Crippen LogP contribution is -2.46. The second-order valence-corrected chi connectivity index (χ2v) is 9.68. The number of benzene rings is 1. The molecule has 1 aromatic carbocycles. The Balaban J connectivity index is 1.33. The molecule has 2 N–H and O–H groups in total. The first-order chi connectivity index (χ1) is 18.1. The van der Waals surface area contributed by atoms with Crippen molar-refractivity contribution < 1.29 is 4.74 Å². The molecular weight excluding hydrogens is 468 g/mol. The average molecular weight is 501 g/mol. The van der Waals surface area contributed by atoms with Crippen LogP contribution < -0.4 is 15.8 Å². The molecule has 1 atom stereocenters. The Labute approximate surface area is 215 Å². The smallest absolute Gasteiger partial charge is 0.261 e. The minimum atomic E-state index is -0.108. The van der Waals surface area contributed by atoms with Crippen molar-refractivity contribution in [2.45, 2.75) is 26.3 Å². The Morgan fingerprint density at radius 2 is 1.92 bits per heavy atom. The molecule has 4 aromatic rings. The first kappa shape index (κ1) is 23.6. The molecule has 10 nitrogen and oxygen atoms in total. The van der Waals surface area contributed by atoms with E-state index in [1.165, 1.54) is 5.69 Å². The number of hydrogen-bond acceptors (Lipinski definition) is 8. The first-order valence-electron chi connectivity index (χ1n) is 13.0. The minimum Gasteiger partial charge on any atom is -0.379 e. The number of pyridine rings is 1. The number of anilines is 3. The third-order valence-electron chi connectivity index (χ3n) is 7.45. The van der Waals surface area contributed by atoms with Gasteiger partial charge < -0.3 is 19.9 Å². The van der Waals surface area contributed by atoms with Gasteiger partial charge in [-0.2, -0.15) is 10.1 Å². The Kier molecular flexibility index (Phi) is 6.35. The normalized spacial score (nSPS) is 18.5. The van der Waals surface area contributed by atoms with Crippen molar-refractivity contribution in [3.8, 4) is 11.3 Å². The minimum absolute atomic E-state index is 0.0764. The molecule has 6 rings (SSSR count). The molecular formula is C27H32N8O2. The van der Waals surface area contributed by atoms with Gasteiger partial charge in [0.25, 0.3) is 5.56 Å². The summed E-state index contributed by atoms with van der Waals surface area (Å²) in [6, 6.07) is 12.0. The molecule has 0 radical (unpaired) electrons. The van der Waals surface area contributed by atoms with Crippen molar-refractivity contribution >= 4 is 28.4 Å². The quantitative estimate of drug-likeness (QED) is 0.416. The lowest BCUT2D eigenvalue weighted by molar-refractivity contribution is 0.186. The molecule has 0 saturated carbocycles. The molecule has 0 spiro atoms. The zero-order valence-corrected chi connectivity index (χ0v) is 21.3. The first-order valence-corrected chi connectivity index (χ1v) is 13.0. The highest BCUT2D eigenvalue weighted by Crippen LogP contribution is 2.28. The van der Waals surface area contributed by atoms with E-state index in [9.17, 15) is 4.79 Å². The van der Waals surface area contributed by atoms with Crippen molar-refractivity contribution in [2.24, 2.45) is 0 Å². The summed E-state index contributed by atoms with van der Waals surface area (Å²) in [5, 5.41) is 11.1. The van der Waals surface area contributed by atoms with E-state index in [0.717, 1.165) is 55.9 Å². The fraction of sp³-hybridized carbons (Fsp3) is 0.407. The van der Waals surface area contributed by atoms with Gasteiger partial charge in [0.2, 0.25) is 5.95 Å². The van der Waals surface area contributed by atoms with Gasteiger partial charge in [0, 0.05) is 55.7 Å². The van der Waals surface area contributed by atoms with E-state index < -0.39 is 0 Å². The van der Waals surface area contributed by atoms with Gasteiger partial charge in [-0.15, -0.1) is 0 Å². The van der Waals surface area contributed by atoms with Crippen LogP contribution in [0.1, 0.15) is 25.1 Å². The Bertz CT molecular complexity index is 1430. The maximum absolute atomic E-state index is 13.6. The highest BCUT2D eigenvalue weighted by Gasteiger charge is 2.25. The van der Waals surface area contributed by atoms with E-state index in [1.807, 2.05) is 13.0 Å². The summed E-state index contributed by atoms with van der Waals surface area (Å²) >= 11 is 0. The van der Waals surface area contributed by atoms with Crippen LogP contribution in [0.3, 0.4) is 0 Å². The zero-order chi connectivity index (χ0) is 25.4. The number of hydrogen-bond donors (Lipinski definition) is 2. The lowest BCUT2D eigenvalue weighted by Gasteiger charge is -2.35. The molecule has 2 saturated heterocycles. The largest absolute Gasteiger partial charge is 0.379 e. The zero-order valence-electron chi connectivity index (χ0n) is 21.3. The number of aryl methyl sites for hydroxylation is 1. The fourth-order valence-corrected chi connectivity index (χ4v) is 5.28. The van der Waals surface area contributed by atoms with Gasteiger partial charge in [-0.25, -0.2) is 4.98 Å². The second kappa shape index (κ2) is 9.95. The van der Waals surface area contributed by atoms with Crippen molar-refractivity contribution in [1.82, 2.24) is 29.6 Å². The van der Waals surface area contributed by atoms with Crippen molar-refractivity contribution in [3.05, 3.63) is 58.6 Å². The van der Waals surface area contributed by atoms with Gasteiger partial charge in [-0.1, -0.05) is 6.92 Å². The summed E-state index contributed by atoms with van der Waals surface area (Å²) in [5.41, 5.74) is 4.66. The van der Waals surface area contributed by atoms with Gasteiger partial charge in [0.15, 0.2) is 0 Å². The molecule has 0 unspecified atom stereocenters. The number of H-pyrrole nitrogens is 1. The number of piperazine rings is 1. The van der Waals surface area contributed by atoms with Crippen molar-refractivity contribution in [3.63, 3.8) is 0 Å². The number of aromatic nitrogens is 5. The predicted octanol–water partition coefficient (Wildman–Crippen LogP) is 3.34. The molecule has 37 heavy (non-hydrogen) atoms. The third-order valence-corrected chi connectivity index (χ3v) is 7.45. The number of nitrogens with zero attached hydrogens (tertiary/aromatic N) is 6. The molecule has 192 valence electrons. The highest BCUT2D eigenvalue weighted by atomic mass is 16.5. The Morgan fingerprint density at radius 3 is 2.59 bits per heavy atom. The molecule has 10 heteroatoms. The van der Waals surface area contributed by atoms with Crippen LogP contribution in [0.2, 0.25) is 0 Å².